The Bertz CT molecular complexity index is 936. The molecule has 4 nitrogen and oxygen atoms in total. The van der Waals surface area contributed by atoms with Gasteiger partial charge in [0, 0.05) is 22.5 Å². The molecule has 0 N–H and O–H groups in total. The Hall–Kier alpha value is -2.75. The van der Waals surface area contributed by atoms with Crippen molar-refractivity contribution in [2.24, 2.45) is 0 Å². The van der Waals surface area contributed by atoms with E-state index in [1.165, 1.54) is 30.5 Å². The van der Waals surface area contributed by atoms with Gasteiger partial charge >= 0.3 is 0 Å². The van der Waals surface area contributed by atoms with Gasteiger partial charge in [-0.25, -0.2) is 15.0 Å². The zero-order valence-corrected chi connectivity index (χ0v) is 15.3. The number of ether oxygens (including phenoxy) is 1. The first-order valence-corrected chi connectivity index (χ1v) is 9.23. The number of hydrogen-bond donors (Lipinski definition) is 0. The SMILES string of the molecule is COc1cccc(-c2nc(-c3cccc(C)n3)nc3c2CCCCC3)c1. The average Bonchev–Trinajstić information content (AvgIpc) is 2.92. The predicted octanol–water partition coefficient (Wildman–Crippen LogP) is 4.79. The van der Waals surface area contributed by atoms with Crippen LogP contribution in [0.5, 0.6) is 5.75 Å². The molecule has 0 aliphatic heterocycles. The number of hydrogen-bond acceptors (Lipinski definition) is 4. The van der Waals surface area contributed by atoms with Crippen LogP contribution in [0, 0.1) is 6.92 Å². The second kappa shape index (κ2) is 7.24. The summed E-state index contributed by atoms with van der Waals surface area (Å²) in [4.78, 5) is 14.5. The molecule has 1 aromatic carbocycles. The molecule has 4 rings (SSSR count). The molecule has 132 valence electrons. The van der Waals surface area contributed by atoms with Crippen molar-refractivity contribution in [3.8, 4) is 28.5 Å². The number of aryl methyl sites for hydroxylation is 2. The molecule has 26 heavy (non-hydrogen) atoms. The van der Waals surface area contributed by atoms with Crippen LogP contribution in [0.4, 0.5) is 0 Å². The topological polar surface area (TPSA) is 47.9 Å². The Morgan fingerprint density at radius 2 is 1.73 bits per heavy atom. The van der Waals surface area contributed by atoms with E-state index in [2.05, 4.69) is 17.1 Å². The van der Waals surface area contributed by atoms with Crippen LogP contribution in [0.1, 0.15) is 36.2 Å². The Morgan fingerprint density at radius 3 is 2.58 bits per heavy atom. The third-order valence-electron chi connectivity index (χ3n) is 4.89. The molecule has 0 unspecified atom stereocenters. The fraction of sp³-hybridized carbons (Fsp3) is 0.318. The van der Waals surface area contributed by atoms with Crippen LogP contribution < -0.4 is 4.74 Å². The normalized spacial score (nSPS) is 13.8. The molecule has 0 fully saturated rings. The van der Waals surface area contributed by atoms with E-state index in [9.17, 15) is 0 Å². The molecule has 0 saturated heterocycles. The van der Waals surface area contributed by atoms with E-state index in [1.54, 1.807) is 7.11 Å². The fourth-order valence-corrected chi connectivity index (χ4v) is 3.56. The first-order chi connectivity index (χ1) is 12.7. The molecule has 1 aliphatic rings. The Kier molecular flexibility index (Phi) is 4.65. The lowest BCUT2D eigenvalue weighted by molar-refractivity contribution is 0.415. The van der Waals surface area contributed by atoms with Crippen LogP contribution in [-0.4, -0.2) is 22.1 Å². The minimum Gasteiger partial charge on any atom is -0.497 e. The molecule has 0 atom stereocenters. The number of rotatable bonds is 3. The monoisotopic (exact) mass is 345 g/mol. The lowest BCUT2D eigenvalue weighted by Gasteiger charge is -2.14. The molecule has 2 aromatic heterocycles. The summed E-state index contributed by atoms with van der Waals surface area (Å²) in [7, 11) is 1.70. The first kappa shape index (κ1) is 16.7. The Morgan fingerprint density at radius 1 is 0.885 bits per heavy atom. The van der Waals surface area contributed by atoms with Crippen LogP contribution in [-0.2, 0) is 12.8 Å². The van der Waals surface area contributed by atoms with Crippen LogP contribution in [0.25, 0.3) is 22.8 Å². The number of nitrogens with zero attached hydrogens (tertiary/aromatic N) is 3. The zero-order valence-electron chi connectivity index (χ0n) is 15.3. The molecule has 0 saturated carbocycles. The van der Waals surface area contributed by atoms with E-state index < -0.39 is 0 Å². The van der Waals surface area contributed by atoms with E-state index in [-0.39, 0.29) is 0 Å². The van der Waals surface area contributed by atoms with Crippen molar-refractivity contribution in [2.75, 3.05) is 7.11 Å². The number of pyridine rings is 1. The summed E-state index contributed by atoms with van der Waals surface area (Å²) in [6, 6.07) is 14.1. The van der Waals surface area contributed by atoms with Gasteiger partial charge in [-0.15, -0.1) is 0 Å². The van der Waals surface area contributed by atoms with Gasteiger partial charge in [0.05, 0.1) is 12.8 Å². The lowest BCUT2D eigenvalue weighted by atomic mass is 10.00. The van der Waals surface area contributed by atoms with Gasteiger partial charge in [-0.2, -0.15) is 0 Å². The van der Waals surface area contributed by atoms with E-state index in [4.69, 9.17) is 14.7 Å². The standard InChI is InChI=1S/C22H23N3O/c1-15-8-6-13-20(23-15)22-24-19-12-5-3-4-11-18(19)21(25-22)16-9-7-10-17(14-16)26-2/h6-10,13-14H,3-5,11-12H2,1-2H3. The number of benzene rings is 1. The highest BCUT2D eigenvalue weighted by Crippen LogP contribution is 2.32. The maximum absolute atomic E-state index is 5.42. The molecule has 3 aromatic rings. The summed E-state index contributed by atoms with van der Waals surface area (Å²) in [6.45, 7) is 2.00. The third-order valence-corrected chi connectivity index (χ3v) is 4.89. The maximum atomic E-state index is 5.42. The van der Waals surface area contributed by atoms with Crippen LogP contribution in [0.15, 0.2) is 42.5 Å². The van der Waals surface area contributed by atoms with Gasteiger partial charge in [-0.1, -0.05) is 24.6 Å². The molecule has 0 bridgehead atoms. The van der Waals surface area contributed by atoms with Crippen molar-refractivity contribution in [3.05, 3.63) is 59.4 Å². The number of aromatic nitrogens is 3. The van der Waals surface area contributed by atoms with Gasteiger partial charge < -0.3 is 4.74 Å². The Labute approximate surface area is 154 Å². The fourth-order valence-electron chi connectivity index (χ4n) is 3.56. The van der Waals surface area contributed by atoms with Crippen molar-refractivity contribution < 1.29 is 4.74 Å². The highest BCUT2D eigenvalue weighted by molar-refractivity contribution is 5.68. The quantitative estimate of drug-likeness (QED) is 0.640. The summed E-state index contributed by atoms with van der Waals surface area (Å²) >= 11 is 0. The lowest BCUT2D eigenvalue weighted by Crippen LogP contribution is -2.05. The van der Waals surface area contributed by atoms with Crippen molar-refractivity contribution in [1.82, 2.24) is 15.0 Å². The van der Waals surface area contributed by atoms with Crippen molar-refractivity contribution in [2.45, 2.75) is 39.0 Å². The van der Waals surface area contributed by atoms with Crippen LogP contribution in [0.3, 0.4) is 0 Å². The van der Waals surface area contributed by atoms with E-state index in [0.29, 0.717) is 5.82 Å². The summed E-state index contributed by atoms with van der Waals surface area (Å²) in [5, 5.41) is 0. The molecular formula is C22H23N3O. The minimum absolute atomic E-state index is 0.715. The van der Waals surface area contributed by atoms with Crippen molar-refractivity contribution >= 4 is 0 Å². The van der Waals surface area contributed by atoms with Gasteiger partial charge in [-0.05, 0) is 56.9 Å². The first-order valence-electron chi connectivity index (χ1n) is 9.23. The van der Waals surface area contributed by atoms with E-state index in [0.717, 1.165) is 41.2 Å². The third kappa shape index (κ3) is 3.32. The highest BCUT2D eigenvalue weighted by Gasteiger charge is 2.19. The summed E-state index contributed by atoms with van der Waals surface area (Å²) < 4.78 is 5.42. The number of methoxy groups -OCH3 is 1. The summed E-state index contributed by atoms with van der Waals surface area (Å²) in [5.74, 6) is 1.56. The van der Waals surface area contributed by atoms with Crippen molar-refractivity contribution in [3.63, 3.8) is 0 Å². The van der Waals surface area contributed by atoms with Crippen molar-refractivity contribution in [1.29, 1.82) is 0 Å². The molecule has 0 radical (unpaired) electrons. The average molecular weight is 345 g/mol. The van der Waals surface area contributed by atoms with Crippen LogP contribution >= 0.6 is 0 Å². The van der Waals surface area contributed by atoms with E-state index in [1.807, 2.05) is 37.3 Å². The predicted molar refractivity (Wildman–Crippen MR) is 103 cm³/mol. The summed E-state index contributed by atoms with van der Waals surface area (Å²) in [6.07, 6.45) is 5.65. The van der Waals surface area contributed by atoms with Gasteiger partial charge in [0.2, 0.25) is 0 Å². The van der Waals surface area contributed by atoms with Gasteiger partial charge in [0.25, 0.3) is 0 Å². The minimum atomic E-state index is 0.715. The molecule has 0 spiro atoms. The second-order valence-corrected chi connectivity index (χ2v) is 6.78. The number of fused-ring (bicyclic) bond motifs is 1. The highest BCUT2D eigenvalue weighted by atomic mass is 16.5. The molecular weight excluding hydrogens is 322 g/mol. The van der Waals surface area contributed by atoms with Gasteiger partial charge in [-0.3, -0.25) is 0 Å². The smallest absolute Gasteiger partial charge is 0.178 e. The molecule has 1 aliphatic carbocycles. The second-order valence-electron chi connectivity index (χ2n) is 6.78. The van der Waals surface area contributed by atoms with Crippen LogP contribution in [0.2, 0.25) is 0 Å². The molecule has 2 heterocycles. The Balaban J connectivity index is 1.91. The molecule has 0 amide bonds. The van der Waals surface area contributed by atoms with Gasteiger partial charge in [0.15, 0.2) is 5.82 Å². The van der Waals surface area contributed by atoms with Gasteiger partial charge in [0.1, 0.15) is 11.4 Å². The summed E-state index contributed by atoms with van der Waals surface area (Å²) in [5.41, 5.74) is 6.37. The molecule has 4 heteroatoms. The van der Waals surface area contributed by atoms with E-state index >= 15 is 0 Å². The maximum Gasteiger partial charge on any atom is 0.178 e. The largest absolute Gasteiger partial charge is 0.497 e. The zero-order chi connectivity index (χ0) is 17.9.